The predicted molar refractivity (Wildman–Crippen MR) is 88.6 cm³/mol. The van der Waals surface area contributed by atoms with Gasteiger partial charge in [-0.05, 0) is 50.0 Å². The number of benzene rings is 1. The molecule has 1 N–H and O–H groups in total. The molecule has 21 heavy (non-hydrogen) atoms. The second-order valence-corrected chi connectivity index (χ2v) is 6.70. The Labute approximate surface area is 130 Å². The molecule has 1 aromatic heterocycles. The number of rotatable bonds is 4. The van der Waals surface area contributed by atoms with Gasteiger partial charge in [0.05, 0.1) is 5.69 Å². The molecule has 0 bridgehead atoms. The van der Waals surface area contributed by atoms with Gasteiger partial charge in [-0.2, -0.15) is 0 Å². The number of thioether (sulfide) groups is 1. The molecule has 1 saturated heterocycles. The third kappa shape index (κ3) is 3.83. The number of nitrogens with zero attached hydrogens (tertiary/aromatic N) is 2. The SMILES string of the molecule is CCc1ccc(-c2ccc(SC3CCNCC3)nn2)cc1. The number of hydrogen-bond donors (Lipinski definition) is 1. The zero-order valence-corrected chi connectivity index (χ0v) is 13.2. The summed E-state index contributed by atoms with van der Waals surface area (Å²) in [5.74, 6) is 0. The molecule has 3 nitrogen and oxygen atoms in total. The van der Waals surface area contributed by atoms with E-state index in [0.717, 1.165) is 35.8 Å². The summed E-state index contributed by atoms with van der Waals surface area (Å²) in [6, 6.07) is 12.8. The van der Waals surface area contributed by atoms with Crippen LogP contribution in [0.2, 0.25) is 0 Å². The lowest BCUT2D eigenvalue weighted by atomic mass is 10.1. The van der Waals surface area contributed by atoms with E-state index in [-0.39, 0.29) is 0 Å². The summed E-state index contributed by atoms with van der Waals surface area (Å²) in [7, 11) is 0. The Bertz CT molecular complexity index is 560. The average molecular weight is 299 g/mol. The van der Waals surface area contributed by atoms with Crippen LogP contribution in [-0.4, -0.2) is 28.5 Å². The minimum Gasteiger partial charge on any atom is -0.317 e. The summed E-state index contributed by atoms with van der Waals surface area (Å²) in [6.07, 6.45) is 3.50. The van der Waals surface area contributed by atoms with Gasteiger partial charge >= 0.3 is 0 Å². The number of nitrogens with one attached hydrogen (secondary N) is 1. The van der Waals surface area contributed by atoms with Crippen LogP contribution in [0.15, 0.2) is 41.4 Å². The molecule has 0 unspecified atom stereocenters. The van der Waals surface area contributed by atoms with E-state index in [1.807, 2.05) is 11.8 Å². The molecular weight excluding hydrogens is 278 g/mol. The summed E-state index contributed by atoms with van der Waals surface area (Å²) in [4.78, 5) is 0. The van der Waals surface area contributed by atoms with Crippen LogP contribution in [0.25, 0.3) is 11.3 Å². The average Bonchev–Trinajstić information content (AvgIpc) is 2.57. The first-order chi connectivity index (χ1) is 10.3. The summed E-state index contributed by atoms with van der Waals surface area (Å²) >= 11 is 1.86. The third-order valence-corrected chi connectivity index (χ3v) is 5.14. The van der Waals surface area contributed by atoms with E-state index in [1.54, 1.807) is 0 Å². The molecular formula is C17H21N3S. The van der Waals surface area contributed by atoms with E-state index in [0.29, 0.717) is 5.25 Å². The van der Waals surface area contributed by atoms with Crippen LogP contribution >= 0.6 is 11.8 Å². The Kier molecular flexibility index (Phi) is 4.88. The molecule has 1 aliphatic heterocycles. The van der Waals surface area contributed by atoms with Crippen molar-refractivity contribution in [1.29, 1.82) is 0 Å². The van der Waals surface area contributed by atoms with Gasteiger partial charge in [0.1, 0.15) is 5.03 Å². The van der Waals surface area contributed by atoms with E-state index in [2.05, 4.69) is 58.8 Å². The monoisotopic (exact) mass is 299 g/mol. The van der Waals surface area contributed by atoms with Crippen LogP contribution < -0.4 is 5.32 Å². The van der Waals surface area contributed by atoms with Crippen LogP contribution in [0.1, 0.15) is 25.3 Å². The van der Waals surface area contributed by atoms with Gasteiger partial charge in [-0.15, -0.1) is 22.0 Å². The maximum atomic E-state index is 4.38. The van der Waals surface area contributed by atoms with Crippen molar-refractivity contribution in [3.05, 3.63) is 42.0 Å². The minimum absolute atomic E-state index is 0.676. The summed E-state index contributed by atoms with van der Waals surface area (Å²) < 4.78 is 0. The summed E-state index contributed by atoms with van der Waals surface area (Å²) in [5, 5.41) is 13.9. The van der Waals surface area contributed by atoms with Gasteiger partial charge in [0.15, 0.2) is 0 Å². The van der Waals surface area contributed by atoms with Crippen molar-refractivity contribution in [1.82, 2.24) is 15.5 Å². The van der Waals surface area contributed by atoms with E-state index in [1.165, 1.54) is 18.4 Å². The molecule has 110 valence electrons. The van der Waals surface area contributed by atoms with Gasteiger partial charge in [-0.3, -0.25) is 0 Å². The Morgan fingerprint density at radius 1 is 1.05 bits per heavy atom. The lowest BCUT2D eigenvalue weighted by Gasteiger charge is -2.21. The van der Waals surface area contributed by atoms with E-state index >= 15 is 0 Å². The molecule has 0 saturated carbocycles. The molecule has 0 spiro atoms. The maximum absolute atomic E-state index is 4.38. The Balaban J connectivity index is 1.67. The molecule has 1 aliphatic rings. The van der Waals surface area contributed by atoms with Gasteiger partial charge < -0.3 is 5.32 Å². The molecule has 3 rings (SSSR count). The second kappa shape index (κ2) is 7.05. The van der Waals surface area contributed by atoms with Crippen molar-refractivity contribution < 1.29 is 0 Å². The fraction of sp³-hybridized carbons (Fsp3) is 0.412. The number of hydrogen-bond acceptors (Lipinski definition) is 4. The van der Waals surface area contributed by atoms with Gasteiger partial charge in [0.2, 0.25) is 0 Å². The van der Waals surface area contributed by atoms with E-state index in [4.69, 9.17) is 0 Å². The maximum Gasteiger partial charge on any atom is 0.119 e. The molecule has 1 aromatic carbocycles. The lowest BCUT2D eigenvalue weighted by molar-refractivity contribution is 0.531. The first-order valence-corrected chi connectivity index (χ1v) is 8.53. The Morgan fingerprint density at radius 2 is 1.81 bits per heavy atom. The first kappa shape index (κ1) is 14.5. The van der Waals surface area contributed by atoms with Crippen LogP contribution in [0, 0.1) is 0 Å². The highest BCUT2D eigenvalue weighted by molar-refractivity contribution is 7.99. The number of aromatic nitrogens is 2. The zero-order valence-electron chi connectivity index (χ0n) is 12.4. The van der Waals surface area contributed by atoms with Crippen molar-refractivity contribution in [2.75, 3.05) is 13.1 Å². The van der Waals surface area contributed by atoms with Crippen LogP contribution in [-0.2, 0) is 6.42 Å². The second-order valence-electron chi connectivity index (χ2n) is 5.37. The van der Waals surface area contributed by atoms with Crippen LogP contribution in [0.4, 0.5) is 0 Å². The third-order valence-electron chi connectivity index (χ3n) is 3.87. The minimum atomic E-state index is 0.676. The first-order valence-electron chi connectivity index (χ1n) is 7.65. The van der Waals surface area contributed by atoms with Gasteiger partial charge in [-0.1, -0.05) is 31.2 Å². The highest BCUT2D eigenvalue weighted by Crippen LogP contribution is 2.27. The quantitative estimate of drug-likeness (QED) is 0.937. The van der Waals surface area contributed by atoms with Crippen molar-refractivity contribution >= 4 is 11.8 Å². The highest BCUT2D eigenvalue weighted by Gasteiger charge is 2.15. The van der Waals surface area contributed by atoms with Gasteiger partial charge in [0.25, 0.3) is 0 Å². The standard InChI is InChI=1S/C17H21N3S/c1-2-13-3-5-14(6-4-13)16-7-8-17(20-19-16)21-15-9-11-18-12-10-15/h3-8,15,18H,2,9-12H2,1H3. The van der Waals surface area contributed by atoms with Crippen molar-refractivity contribution in [3.63, 3.8) is 0 Å². The van der Waals surface area contributed by atoms with Gasteiger partial charge in [0, 0.05) is 10.8 Å². The molecule has 2 aromatic rings. The number of piperidine rings is 1. The van der Waals surface area contributed by atoms with Gasteiger partial charge in [-0.25, -0.2) is 0 Å². The molecule has 1 fully saturated rings. The highest BCUT2D eigenvalue weighted by atomic mass is 32.2. The van der Waals surface area contributed by atoms with E-state index < -0.39 is 0 Å². The van der Waals surface area contributed by atoms with Crippen LogP contribution in [0.5, 0.6) is 0 Å². The topological polar surface area (TPSA) is 37.8 Å². The lowest BCUT2D eigenvalue weighted by Crippen LogP contribution is -2.29. The van der Waals surface area contributed by atoms with Crippen LogP contribution in [0.3, 0.4) is 0 Å². The molecule has 0 radical (unpaired) electrons. The Hall–Kier alpha value is -1.39. The summed E-state index contributed by atoms with van der Waals surface area (Å²) in [5.41, 5.74) is 3.44. The number of aryl methyl sites for hydroxylation is 1. The van der Waals surface area contributed by atoms with Crippen molar-refractivity contribution in [2.24, 2.45) is 0 Å². The summed E-state index contributed by atoms with van der Waals surface area (Å²) in [6.45, 7) is 4.40. The molecule has 2 heterocycles. The zero-order chi connectivity index (χ0) is 14.5. The Morgan fingerprint density at radius 3 is 2.43 bits per heavy atom. The molecule has 0 amide bonds. The largest absolute Gasteiger partial charge is 0.317 e. The normalized spacial score (nSPS) is 16.0. The molecule has 0 aliphatic carbocycles. The predicted octanol–water partition coefficient (Wildman–Crippen LogP) is 3.55. The molecule has 4 heteroatoms. The fourth-order valence-corrected chi connectivity index (χ4v) is 3.58. The van der Waals surface area contributed by atoms with Crippen molar-refractivity contribution in [3.8, 4) is 11.3 Å². The fourth-order valence-electron chi connectivity index (χ4n) is 2.53. The smallest absolute Gasteiger partial charge is 0.119 e. The molecule has 0 atom stereocenters. The van der Waals surface area contributed by atoms with Crippen molar-refractivity contribution in [2.45, 2.75) is 36.5 Å². The van der Waals surface area contributed by atoms with E-state index in [9.17, 15) is 0 Å².